The number of rotatable bonds is 3. The minimum atomic E-state index is -0.795. The second-order valence-corrected chi connectivity index (χ2v) is 6.61. The summed E-state index contributed by atoms with van der Waals surface area (Å²) in [5, 5.41) is 10.1. The van der Waals surface area contributed by atoms with Crippen molar-refractivity contribution in [3.8, 4) is 0 Å². The van der Waals surface area contributed by atoms with Crippen molar-refractivity contribution in [3.63, 3.8) is 0 Å². The van der Waals surface area contributed by atoms with Crippen LogP contribution in [0.1, 0.15) is 11.1 Å². The standard InChI is InChI=1S/C18H15ClN4O2/c1-11-4-2-5-12(8-11)10-22-16-15(20-21-22)17(24)23(18(16)25)14-7-3-6-13(19)9-14/h2-9,15-16H,10H2,1H3/t15-,16+/m0/s1. The van der Waals surface area contributed by atoms with E-state index in [2.05, 4.69) is 10.3 Å². The van der Waals surface area contributed by atoms with Gasteiger partial charge in [0.15, 0.2) is 12.1 Å². The second kappa shape index (κ2) is 5.97. The number of carbonyl (C=O) groups is 2. The summed E-state index contributed by atoms with van der Waals surface area (Å²) in [6, 6.07) is 13.1. The van der Waals surface area contributed by atoms with Crippen LogP contribution in [0.4, 0.5) is 5.69 Å². The molecule has 0 N–H and O–H groups in total. The van der Waals surface area contributed by atoms with Gasteiger partial charge in [0.2, 0.25) is 0 Å². The van der Waals surface area contributed by atoms with Gasteiger partial charge in [0.05, 0.1) is 12.2 Å². The molecule has 0 aromatic heterocycles. The molecule has 6 nitrogen and oxygen atoms in total. The average molecular weight is 355 g/mol. The van der Waals surface area contributed by atoms with Crippen LogP contribution < -0.4 is 4.90 Å². The minimum absolute atomic E-state index is 0.324. The summed E-state index contributed by atoms with van der Waals surface area (Å²) in [5.74, 6) is -0.692. The van der Waals surface area contributed by atoms with Gasteiger partial charge in [-0.3, -0.25) is 14.6 Å². The van der Waals surface area contributed by atoms with Crippen LogP contribution >= 0.6 is 11.6 Å². The first-order valence-electron chi connectivity index (χ1n) is 7.91. The van der Waals surface area contributed by atoms with E-state index in [0.29, 0.717) is 17.3 Å². The van der Waals surface area contributed by atoms with Gasteiger partial charge in [-0.2, -0.15) is 5.11 Å². The predicted molar refractivity (Wildman–Crippen MR) is 93.1 cm³/mol. The number of fused-ring (bicyclic) bond motifs is 1. The van der Waals surface area contributed by atoms with E-state index >= 15 is 0 Å². The first-order valence-corrected chi connectivity index (χ1v) is 8.29. The van der Waals surface area contributed by atoms with Crippen molar-refractivity contribution in [2.45, 2.75) is 25.6 Å². The van der Waals surface area contributed by atoms with Crippen molar-refractivity contribution < 1.29 is 9.59 Å². The van der Waals surface area contributed by atoms with Crippen LogP contribution in [0.15, 0.2) is 58.9 Å². The lowest BCUT2D eigenvalue weighted by Gasteiger charge is -2.20. The summed E-state index contributed by atoms with van der Waals surface area (Å²) >= 11 is 5.99. The Morgan fingerprint density at radius 3 is 2.64 bits per heavy atom. The van der Waals surface area contributed by atoms with Crippen LogP contribution in [0.5, 0.6) is 0 Å². The molecule has 4 rings (SSSR count). The molecule has 2 aliphatic heterocycles. The molecule has 0 unspecified atom stereocenters. The highest BCUT2D eigenvalue weighted by Gasteiger charge is 2.54. The molecule has 7 heteroatoms. The zero-order chi connectivity index (χ0) is 17.6. The Hall–Kier alpha value is -2.73. The average Bonchev–Trinajstić information content (AvgIpc) is 3.08. The third-order valence-electron chi connectivity index (χ3n) is 4.35. The van der Waals surface area contributed by atoms with E-state index in [-0.39, 0.29) is 11.8 Å². The lowest BCUT2D eigenvalue weighted by molar-refractivity contribution is -0.123. The summed E-state index contributed by atoms with van der Waals surface area (Å²) in [6.07, 6.45) is 0. The lowest BCUT2D eigenvalue weighted by atomic mass is 10.1. The van der Waals surface area contributed by atoms with Crippen LogP contribution in [-0.4, -0.2) is 28.9 Å². The van der Waals surface area contributed by atoms with Crippen molar-refractivity contribution in [2.75, 3.05) is 4.90 Å². The molecule has 25 heavy (non-hydrogen) atoms. The summed E-state index contributed by atoms with van der Waals surface area (Å²) < 4.78 is 0. The molecule has 2 amide bonds. The number of benzene rings is 2. The SMILES string of the molecule is Cc1cccc(CN2N=N[C@@H]3C(=O)N(c4cccc(Cl)c4)C(=O)[C@@H]32)c1. The molecule has 2 aromatic carbocycles. The fourth-order valence-electron chi connectivity index (χ4n) is 3.22. The predicted octanol–water partition coefficient (Wildman–Crippen LogP) is 3.14. The van der Waals surface area contributed by atoms with E-state index in [4.69, 9.17) is 11.6 Å². The third-order valence-corrected chi connectivity index (χ3v) is 4.59. The number of nitrogens with zero attached hydrogens (tertiary/aromatic N) is 4. The Morgan fingerprint density at radius 2 is 1.88 bits per heavy atom. The van der Waals surface area contributed by atoms with Crippen molar-refractivity contribution in [2.24, 2.45) is 10.3 Å². The molecule has 1 fully saturated rings. The molecule has 0 saturated carbocycles. The molecule has 0 aliphatic carbocycles. The molecule has 1 saturated heterocycles. The maximum Gasteiger partial charge on any atom is 0.263 e. The number of hydrogen-bond acceptors (Lipinski definition) is 5. The van der Waals surface area contributed by atoms with E-state index in [1.807, 2.05) is 31.2 Å². The number of imide groups is 1. The van der Waals surface area contributed by atoms with Gasteiger partial charge < -0.3 is 0 Å². The molecule has 0 bridgehead atoms. The first kappa shape index (κ1) is 15.8. The van der Waals surface area contributed by atoms with Crippen molar-refractivity contribution >= 4 is 29.1 Å². The van der Waals surface area contributed by atoms with Crippen molar-refractivity contribution in [1.29, 1.82) is 0 Å². The van der Waals surface area contributed by atoms with Crippen LogP contribution in [-0.2, 0) is 16.1 Å². The van der Waals surface area contributed by atoms with Crippen LogP contribution in [0, 0.1) is 6.92 Å². The number of aryl methyl sites for hydroxylation is 1. The van der Waals surface area contributed by atoms with E-state index in [1.54, 1.807) is 29.3 Å². The number of carbonyl (C=O) groups excluding carboxylic acids is 2. The number of anilines is 1. The monoisotopic (exact) mass is 354 g/mol. The van der Waals surface area contributed by atoms with Gasteiger partial charge in [-0.1, -0.05) is 52.7 Å². The van der Waals surface area contributed by atoms with Crippen LogP contribution in [0.3, 0.4) is 0 Å². The minimum Gasteiger partial charge on any atom is -0.271 e. The van der Waals surface area contributed by atoms with Crippen molar-refractivity contribution in [1.82, 2.24) is 5.01 Å². The Labute approximate surface area is 149 Å². The van der Waals surface area contributed by atoms with E-state index in [9.17, 15) is 9.59 Å². The molecule has 2 atom stereocenters. The second-order valence-electron chi connectivity index (χ2n) is 6.17. The van der Waals surface area contributed by atoms with Gasteiger partial charge in [0.1, 0.15) is 0 Å². The highest BCUT2D eigenvalue weighted by atomic mass is 35.5. The zero-order valence-corrected chi connectivity index (χ0v) is 14.2. The maximum absolute atomic E-state index is 12.9. The van der Waals surface area contributed by atoms with Gasteiger partial charge in [0.25, 0.3) is 11.8 Å². The Morgan fingerprint density at radius 1 is 1.08 bits per heavy atom. The normalized spacial score (nSPS) is 22.0. The molecule has 2 aliphatic rings. The molecular formula is C18H15ClN4O2. The summed E-state index contributed by atoms with van der Waals surface area (Å²) in [7, 11) is 0. The highest BCUT2D eigenvalue weighted by molar-refractivity contribution is 6.31. The number of amides is 2. The van der Waals surface area contributed by atoms with Gasteiger partial charge in [0, 0.05) is 5.02 Å². The molecular weight excluding hydrogens is 340 g/mol. The third kappa shape index (κ3) is 2.68. The Kier molecular flexibility index (Phi) is 3.77. The van der Waals surface area contributed by atoms with Gasteiger partial charge >= 0.3 is 0 Å². The Bertz CT molecular complexity index is 898. The molecule has 0 spiro atoms. The van der Waals surface area contributed by atoms with Crippen molar-refractivity contribution in [3.05, 3.63) is 64.7 Å². The highest BCUT2D eigenvalue weighted by Crippen LogP contribution is 2.33. The van der Waals surface area contributed by atoms with Gasteiger partial charge in [-0.25, -0.2) is 4.90 Å². The largest absolute Gasteiger partial charge is 0.271 e. The van der Waals surface area contributed by atoms with Crippen LogP contribution in [0.25, 0.3) is 0 Å². The smallest absolute Gasteiger partial charge is 0.263 e. The van der Waals surface area contributed by atoms with Gasteiger partial charge in [-0.05, 0) is 30.7 Å². The Balaban J connectivity index is 1.61. The summed E-state index contributed by atoms with van der Waals surface area (Å²) in [5.41, 5.74) is 2.60. The molecule has 2 aromatic rings. The van der Waals surface area contributed by atoms with E-state index in [0.717, 1.165) is 16.0 Å². The lowest BCUT2D eigenvalue weighted by Crippen LogP contribution is -2.39. The molecule has 0 radical (unpaired) electrons. The number of halogens is 1. The number of hydrogen-bond donors (Lipinski definition) is 0. The van der Waals surface area contributed by atoms with Gasteiger partial charge in [-0.15, -0.1) is 0 Å². The van der Waals surface area contributed by atoms with E-state index in [1.165, 1.54) is 0 Å². The fourth-order valence-corrected chi connectivity index (χ4v) is 3.41. The maximum atomic E-state index is 12.9. The fraction of sp³-hybridized carbons (Fsp3) is 0.222. The topological polar surface area (TPSA) is 65.3 Å². The molecule has 2 heterocycles. The summed E-state index contributed by atoms with van der Waals surface area (Å²) in [4.78, 5) is 26.7. The summed E-state index contributed by atoms with van der Waals surface area (Å²) in [6.45, 7) is 2.43. The quantitative estimate of drug-likeness (QED) is 0.795. The van der Waals surface area contributed by atoms with E-state index < -0.39 is 12.1 Å². The molecule has 126 valence electrons. The van der Waals surface area contributed by atoms with Crippen LogP contribution in [0.2, 0.25) is 5.02 Å². The zero-order valence-electron chi connectivity index (χ0n) is 13.5. The first-order chi connectivity index (χ1) is 12.0.